The van der Waals surface area contributed by atoms with Gasteiger partial charge < -0.3 is 14.5 Å². The molecule has 6 heteroatoms. The monoisotopic (exact) mass is 378 g/mol. The second-order valence-electron chi connectivity index (χ2n) is 5.85. The smallest absolute Gasteiger partial charge is 0.226 e. The van der Waals surface area contributed by atoms with Crippen molar-refractivity contribution >= 4 is 34.8 Å². The van der Waals surface area contributed by atoms with E-state index in [0.717, 1.165) is 24.5 Å². The normalized spacial score (nSPS) is 14.5. The zero-order valence-electron chi connectivity index (χ0n) is 13.8. The van der Waals surface area contributed by atoms with Gasteiger partial charge >= 0.3 is 0 Å². The zero-order valence-corrected chi connectivity index (χ0v) is 15.3. The van der Waals surface area contributed by atoms with Gasteiger partial charge in [0.05, 0.1) is 28.8 Å². The van der Waals surface area contributed by atoms with Crippen molar-refractivity contribution < 1.29 is 9.53 Å². The molecule has 0 atom stereocenters. The highest BCUT2D eigenvalue weighted by atomic mass is 35.5. The molecule has 0 aromatic heterocycles. The van der Waals surface area contributed by atoms with Gasteiger partial charge in [-0.25, -0.2) is 0 Å². The van der Waals surface area contributed by atoms with E-state index in [0.29, 0.717) is 36.2 Å². The summed E-state index contributed by atoms with van der Waals surface area (Å²) in [6.45, 7) is 3.22. The van der Waals surface area contributed by atoms with E-state index in [1.807, 2.05) is 47.4 Å². The topological polar surface area (TPSA) is 32.8 Å². The summed E-state index contributed by atoms with van der Waals surface area (Å²) < 4.78 is 5.60. The highest BCUT2D eigenvalue weighted by molar-refractivity contribution is 6.43. The Morgan fingerprint density at radius 3 is 2.40 bits per heavy atom. The van der Waals surface area contributed by atoms with E-state index in [1.165, 1.54) is 0 Å². The number of para-hydroxylation sites is 1. The summed E-state index contributed by atoms with van der Waals surface area (Å²) in [6, 6.07) is 15.2. The average Bonchev–Trinajstić information content (AvgIpc) is 2.65. The van der Waals surface area contributed by atoms with Crippen molar-refractivity contribution in [1.29, 1.82) is 0 Å². The summed E-state index contributed by atoms with van der Waals surface area (Å²) in [5, 5.41) is 1.12. The molecule has 1 aliphatic rings. The summed E-state index contributed by atoms with van der Waals surface area (Å²) in [4.78, 5) is 16.4. The number of carbonyl (C=O) groups is 1. The number of rotatable bonds is 5. The van der Waals surface area contributed by atoms with Crippen LogP contribution in [0, 0.1) is 0 Å². The molecule has 1 aliphatic heterocycles. The molecule has 1 amide bonds. The van der Waals surface area contributed by atoms with Crippen LogP contribution in [0.25, 0.3) is 0 Å². The van der Waals surface area contributed by atoms with Gasteiger partial charge in [-0.3, -0.25) is 4.79 Å². The Balaban J connectivity index is 1.47. The number of piperazine rings is 1. The minimum absolute atomic E-state index is 0.118. The molecule has 0 radical (unpaired) electrons. The standard InChI is InChI=1S/C19H20Cl2N2O2/c20-16-7-4-8-17(19(16)21)22-10-12-23(13-11-22)18(24)9-14-25-15-5-2-1-3-6-15/h1-8H,9-14H2. The largest absolute Gasteiger partial charge is 0.493 e. The SMILES string of the molecule is O=C(CCOc1ccccc1)N1CCN(c2cccc(Cl)c2Cl)CC1. The first kappa shape index (κ1) is 17.9. The Labute approximate surface area is 157 Å². The number of hydrogen-bond acceptors (Lipinski definition) is 3. The zero-order chi connectivity index (χ0) is 17.6. The van der Waals surface area contributed by atoms with E-state index in [9.17, 15) is 4.79 Å². The van der Waals surface area contributed by atoms with Crippen LogP contribution >= 0.6 is 23.2 Å². The molecule has 0 unspecified atom stereocenters. The Kier molecular flexibility index (Phi) is 6.05. The molecule has 0 N–H and O–H groups in total. The van der Waals surface area contributed by atoms with Gasteiger partial charge in [-0.05, 0) is 24.3 Å². The number of nitrogens with zero attached hydrogens (tertiary/aromatic N) is 2. The average molecular weight is 379 g/mol. The van der Waals surface area contributed by atoms with Gasteiger partial charge in [-0.1, -0.05) is 47.5 Å². The van der Waals surface area contributed by atoms with Crippen molar-refractivity contribution in [2.45, 2.75) is 6.42 Å². The van der Waals surface area contributed by atoms with Crippen LogP contribution in [-0.4, -0.2) is 43.6 Å². The third-order valence-corrected chi connectivity index (χ3v) is 5.04. The van der Waals surface area contributed by atoms with Crippen molar-refractivity contribution in [2.24, 2.45) is 0 Å². The van der Waals surface area contributed by atoms with E-state index in [4.69, 9.17) is 27.9 Å². The van der Waals surface area contributed by atoms with Crippen molar-refractivity contribution in [3.8, 4) is 5.75 Å². The van der Waals surface area contributed by atoms with Gasteiger partial charge in [0.2, 0.25) is 5.91 Å². The maximum absolute atomic E-state index is 12.3. The van der Waals surface area contributed by atoms with Crippen molar-refractivity contribution in [3.63, 3.8) is 0 Å². The molecule has 2 aromatic rings. The molecule has 132 valence electrons. The highest BCUT2D eigenvalue weighted by Gasteiger charge is 2.22. The Morgan fingerprint density at radius 2 is 1.68 bits per heavy atom. The van der Waals surface area contributed by atoms with Crippen molar-refractivity contribution in [3.05, 3.63) is 58.6 Å². The van der Waals surface area contributed by atoms with E-state index < -0.39 is 0 Å². The maximum Gasteiger partial charge on any atom is 0.226 e. The van der Waals surface area contributed by atoms with Gasteiger partial charge in [0.25, 0.3) is 0 Å². The number of hydrogen-bond donors (Lipinski definition) is 0. The molecular weight excluding hydrogens is 359 g/mol. The molecule has 4 nitrogen and oxygen atoms in total. The predicted molar refractivity (Wildman–Crippen MR) is 102 cm³/mol. The molecule has 1 heterocycles. The maximum atomic E-state index is 12.3. The van der Waals surface area contributed by atoms with Gasteiger partial charge in [0.15, 0.2) is 0 Å². The van der Waals surface area contributed by atoms with Crippen LogP contribution < -0.4 is 9.64 Å². The summed E-state index contributed by atoms with van der Waals surface area (Å²) in [5.41, 5.74) is 0.925. The van der Waals surface area contributed by atoms with E-state index in [2.05, 4.69) is 4.90 Å². The van der Waals surface area contributed by atoms with E-state index in [1.54, 1.807) is 6.07 Å². The molecule has 25 heavy (non-hydrogen) atoms. The second-order valence-corrected chi connectivity index (χ2v) is 6.64. The summed E-state index contributed by atoms with van der Waals surface area (Å²) in [7, 11) is 0. The Bertz CT molecular complexity index is 717. The first-order valence-corrected chi connectivity index (χ1v) is 9.05. The van der Waals surface area contributed by atoms with Crippen LogP contribution in [0.4, 0.5) is 5.69 Å². The minimum Gasteiger partial charge on any atom is -0.493 e. The van der Waals surface area contributed by atoms with Crippen LogP contribution in [-0.2, 0) is 4.79 Å². The fraction of sp³-hybridized carbons (Fsp3) is 0.316. The highest BCUT2D eigenvalue weighted by Crippen LogP contribution is 2.32. The number of carbonyl (C=O) groups excluding carboxylic acids is 1. The summed E-state index contributed by atoms with van der Waals surface area (Å²) in [6.07, 6.45) is 0.382. The van der Waals surface area contributed by atoms with Crippen LogP contribution in [0.1, 0.15) is 6.42 Å². The van der Waals surface area contributed by atoms with Crippen LogP contribution in [0.5, 0.6) is 5.75 Å². The number of benzene rings is 2. The molecular formula is C19H20Cl2N2O2. The quantitative estimate of drug-likeness (QED) is 0.784. The van der Waals surface area contributed by atoms with Gasteiger partial charge in [-0.2, -0.15) is 0 Å². The molecule has 1 saturated heterocycles. The molecule has 2 aromatic carbocycles. The number of halogens is 2. The van der Waals surface area contributed by atoms with Crippen LogP contribution in [0.15, 0.2) is 48.5 Å². The second kappa shape index (κ2) is 8.45. The number of anilines is 1. The Morgan fingerprint density at radius 1 is 0.960 bits per heavy atom. The van der Waals surface area contributed by atoms with Gasteiger partial charge in [0.1, 0.15) is 5.75 Å². The van der Waals surface area contributed by atoms with Crippen molar-refractivity contribution in [1.82, 2.24) is 4.90 Å². The molecule has 3 rings (SSSR count). The Hall–Kier alpha value is -1.91. The number of ether oxygens (including phenoxy) is 1. The van der Waals surface area contributed by atoms with E-state index >= 15 is 0 Å². The van der Waals surface area contributed by atoms with Crippen LogP contribution in [0.3, 0.4) is 0 Å². The third kappa shape index (κ3) is 4.59. The molecule has 0 aliphatic carbocycles. The van der Waals surface area contributed by atoms with E-state index in [-0.39, 0.29) is 5.91 Å². The predicted octanol–water partition coefficient (Wildman–Crippen LogP) is 4.11. The lowest BCUT2D eigenvalue weighted by Gasteiger charge is -2.36. The number of amides is 1. The lowest BCUT2D eigenvalue weighted by molar-refractivity contribution is -0.132. The van der Waals surface area contributed by atoms with Gasteiger partial charge in [0, 0.05) is 26.2 Å². The van der Waals surface area contributed by atoms with Crippen molar-refractivity contribution in [2.75, 3.05) is 37.7 Å². The third-order valence-electron chi connectivity index (χ3n) is 4.23. The minimum atomic E-state index is 0.118. The molecule has 0 bridgehead atoms. The van der Waals surface area contributed by atoms with Crippen LogP contribution in [0.2, 0.25) is 10.0 Å². The first-order chi connectivity index (χ1) is 12.1. The fourth-order valence-corrected chi connectivity index (χ4v) is 3.28. The molecule has 1 fully saturated rings. The lowest BCUT2D eigenvalue weighted by Crippen LogP contribution is -2.49. The molecule has 0 spiro atoms. The fourth-order valence-electron chi connectivity index (χ4n) is 2.86. The summed E-state index contributed by atoms with van der Waals surface area (Å²) >= 11 is 12.4. The first-order valence-electron chi connectivity index (χ1n) is 8.30. The van der Waals surface area contributed by atoms with Gasteiger partial charge in [-0.15, -0.1) is 0 Å². The molecule has 0 saturated carbocycles. The summed E-state index contributed by atoms with van der Waals surface area (Å²) in [5.74, 6) is 0.906. The lowest BCUT2D eigenvalue weighted by atomic mass is 10.2.